The van der Waals surface area contributed by atoms with Gasteiger partial charge in [0.05, 0.1) is 17.9 Å². The summed E-state index contributed by atoms with van der Waals surface area (Å²) in [5.41, 5.74) is 4.35. The molecule has 14 heavy (non-hydrogen) atoms. The zero-order valence-electron chi connectivity index (χ0n) is 7.59. The van der Waals surface area contributed by atoms with Crippen LogP contribution in [0.3, 0.4) is 0 Å². The summed E-state index contributed by atoms with van der Waals surface area (Å²) in [6.07, 6.45) is 5.35. The molecule has 0 amide bonds. The van der Waals surface area contributed by atoms with Gasteiger partial charge < -0.3 is 5.43 Å². The van der Waals surface area contributed by atoms with Crippen LogP contribution in [0, 0.1) is 0 Å². The summed E-state index contributed by atoms with van der Waals surface area (Å²) in [6, 6.07) is 5.58. The second-order valence-electron chi connectivity index (χ2n) is 2.88. The summed E-state index contributed by atoms with van der Waals surface area (Å²) in [6.45, 7) is 0.655. The summed E-state index contributed by atoms with van der Waals surface area (Å²) in [7, 11) is 0. The van der Waals surface area contributed by atoms with E-state index >= 15 is 0 Å². The molecule has 0 radical (unpaired) electrons. The van der Waals surface area contributed by atoms with E-state index in [4.69, 9.17) is 5.84 Å². The van der Waals surface area contributed by atoms with Gasteiger partial charge in [0, 0.05) is 18.6 Å². The minimum absolute atomic E-state index is 0.655. The number of nitrogens with two attached hydrogens (primary N) is 1. The smallest absolute Gasteiger partial charge is 0.0832 e. The van der Waals surface area contributed by atoms with Crippen molar-refractivity contribution in [2.45, 2.75) is 6.54 Å². The highest BCUT2D eigenvalue weighted by molar-refractivity contribution is 5.41. The number of hydrogen-bond acceptors (Lipinski definition) is 4. The van der Waals surface area contributed by atoms with E-state index in [2.05, 4.69) is 15.5 Å². The van der Waals surface area contributed by atoms with Crippen molar-refractivity contribution in [2.75, 3.05) is 5.43 Å². The number of rotatable bonds is 3. The van der Waals surface area contributed by atoms with Crippen molar-refractivity contribution in [3.05, 3.63) is 42.5 Å². The summed E-state index contributed by atoms with van der Waals surface area (Å²) in [5, 5.41) is 4.09. The Morgan fingerprint density at radius 2 is 2.36 bits per heavy atom. The molecule has 0 fully saturated rings. The van der Waals surface area contributed by atoms with Crippen LogP contribution >= 0.6 is 0 Å². The first-order chi connectivity index (χ1) is 6.88. The van der Waals surface area contributed by atoms with Crippen molar-refractivity contribution in [1.29, 1.82) is 0 Å². The Balaban J connectivity index is 2.17. The molecule has 0 aliphatic carbocycles. The fourth-order valence-electron chi connectivity index (χ4n) is 1.21. The normalized spacial score (nSPS) is 10.1. The Hall–Kier alpha value is -1.88. The van der Waals surface area contributed by atoms with E-state index in [1.165, 1.54) is 0 Å². The SMILES string of the molecule is NNc1ccnc(Cn2cccn2)c1. The Morgan fingerprint density at radius 1 is 1.43 bits per heavy atom. The zero-order valence-corrected chi connectivity index (χ0v) is 7.59. The third kappa shape index (κ3) is 1.89. The Morgan fingerprint density at radius 3 is 3.07 bits per heavy atom. The average molecular weight is 189 g/mol. The Bertz CT molecular complexity index is 395. The summed E-state index contributed by atoms with van der Waals surface area (Å²) in [4.78, 5) is 4.21. The molecule has 0 spiro atoms. The number of nitrogens with one attached hydrogen (secondary N) is 1. The lowest BCUT2D eigenvalue weighted by Gasteiger charge is -2.03. The fourth-order valence-corrected chi connectivity index (χ4v) is 1.21. The van der Waals surface area contributed by atoms with Gasteiger partial charge in [-0.25, -0.2) is 0 Å². The number of anilines is 1. The quantitative estimate of drug-likeness (QED) is 0.548. The van der Waals surface area contributed by atoms with E-state index in [0.29, 0.717) is 6.54 Å². The summed E-state index contributed by atoms with van der Waals surface area (Å²) >= 11 is 0. The second kappa shape index (κ2) is 3.89. The molecule has 0 aromatic carbocycles. The van der Waals surface area contributed by atoms with Gasteiger partial charge in [-0.1, -0.05) is 0 Å². The number of hydrazine groups is 1. The van der Waals surface area contributed by atoms with Crippen LogP contribution in [0.2, 0.25) is 0 Å². The number of hydrogen-bond donors (Lipinski definition) is 2. The van der Waals surface area contributed by atoms with Gasteiger partial charge in [0.2, 0.25) is 0 Å². The van der Waals surface area contributed by atoms with Gasteiger partial charge in [-0.3, -0.25) is 15.5 Å². The van der Waals surface area contributed by atoms with Gasteiger partial charge in [0.15, 0.2) is 0 Å². The molecular formula is C9H11N5. The van der Waals surface area contributed by atoms with E-state index in [-0.39, 0.29) is 0 Å². The molecule has 2 aromatic rings. The van der Waals surface area contributed by atoms with Crippen LogP contribution in [0.15, 0.2) is 36.8 Å². The molecule has 2 aromatic heterocycles. The molecular weight excluding hydrogens is 178 g/mol. The van der Waals surface area contributed by atoms with E-state index in [1.807, 2.05) is 29.1 Å². The molecule has 0 aliphatic heterocycles. The molecule has 3 N–H and O–H groups in total. The molecule has 0 bridgehead atoms. The first-order valence-electron chi connectivity index (χ1n) is 4.27. The highest BCUT2D eigenvalue weighted by atomic mass is 15.3. The molecule has 5 heteroatoms. The lowest BCUT2D eigenvalue weighted by Crippen LogP contribution is -2.08. The van der Waals surface area contributed by atoms with Crippen LogP contribution in [0.25, 0.3) is 0 Å². The fraction of sp³-hybridized carbons (Fsp3) is 0.111. The van der Waals surface area contributed by atoms with Gasteiger partial charge in [0.1, 0.15) is 0 Å². The summed E-state index contributed by atoms with van der Waals surface area (Å²) < 4.78 is 1.81. The molecule has 0 saturated carbocycles. The maximum absolute atomic E-state index is 5.29. The van der Waals surface area contributed by atoms with Crippen LogP contribution in [0.4, 0.5) is 5.69 Å². The Labute approximate surface area is 81.5 Å². The lowest BCUT2D eigenvalue weighted by atomic mass is 10.3. The predicted octanol–water partition coefficient (Wildman–Crippen LogP) is 0.612. The number of aromatic nitrogens is 3. The van der Waals surface area contributed by atoms with Crippen LogP contribution in [-0.4, -0.2) is 14.8 Å². The van der Waals surface area contributed by atoms with E-state index in [9.17, 15) is 0 Å². The van der Waals surface area contributed by atoms with E-state index in [1.54, 1.807) is 12.4 Å². The first kappa shape index (κ1) is 8.71. The van der Waals surface area contributed by atoms with Gasteiger partial charge in [-0.05, 0) is 18.2 Å². The monoisotopic (exact) mass is 189 g/mol. The molecule has 5 nitrogen and oxygen atoms in total. The molecule has 0 atom stereocenters. The van der Waals surface area contributed by atoms with Crippen LogP contribution in [0.1, 0.15) is 5.69 Å². The van der Waals surface area contributed by atoms with Crippen molar-refractivity contribution in [2.24, 2.45) is 5.84 Å². The Kier molecular flexibility index (Phi) is 2.42. The van der Waals surface area contributed by atoms with Gasteiger partial charge in [0.25, 0.3) is 0 Å². The molecule has 72 valence electrons. The minimum Gasteiger partial charge on any atom is -0.324 e. The average Bonchev–Trinajstić information content (AvgIpc) is 2.71. The zero-order chi connectivity index (χ0) is 9.80. The van der Waals surface area contributed by atoms with Crippen LogP contribution in [-0.2, 0) is 6.54 Å². The molecule has 2 rings (SSSR count). The van der Waals surface area contributed by atoms with Gasteiger partial charge >= 0.3 is 0 Å². The second-order valence-corrected chi connectivity index (χ2v) is 2.88. The molecule has 0 aliphatic rings. The van der Waals surface area contributed by atoms with E-state index < -0.39 is 0 Å². The number of nitrogen functional groups attached to an aromatic ring is 1. The third-order valence-corrected chi connectivity index (χ3v) is 1.87. The maximum atomic E-state index is 5.29. The topological polar surface area (TPSA) is 68.8 Å². The molecule has 0 unspecified atom stereocenters. The number of nitrogens with zero attached hydrogens (tertiary/aromatic N) is 3. The van der Waals surface area contributed by atoms with Crippen molar-refractivity contribution < 1.29 is 0 Å². The summed E-state index contributed by atoms with van der Waals surface area (Å²) in [5.74, 6) is 5.29. The van der Waals surface area contributed by atoms with Crippen molar-refractivity contribution in [3.8, 4) is 0 Å². The minimum atomic E-state index is 0.655. The van der Waals surface area contributed by atoms with Gasteiger partial charge in [-0.15, -0.1) is 0 Å². The van der Waals surface area contributed by atoms with Crippen LogP contribution in [0.5, 0.6) is 0 Å². The molecule has 2 heterocycles. The maximum Gasteiger partial charge on any atom is 0.0832 e. The lowest BCUT2D eigenvalue weighted by molar-refractivity contribution is 0.673. The van der Waals surface area contributed by atoms with Gasteiger partial charge in [-0.2, -0.15) is 5.10 Å². The predicted molar refractivity (Wildman–Crippen MR) is 53.4 cm³/mol. The standard InChI is InChI=1S/C9H11N5/c10-13-8-2-4-11-9(6-8)7-14-5-1-3-12-14/h1-6H,7,10H2,(H,11,13). The number of pyridine rings is 1. The first-order valence-corrected chi connectivity index (χ1v) is 4.27. The van der Waals surface area contributed by atoms with Crippen molar-refractivity contribution in [1.82, 2.24) is 14.8 Å². The molecule has 0 saturated heterocycles. The van der Waals surface area contributed by atoms with E-state index in [0.717, 1.165) is 11.4 Å². The highest BCUT2D eigenvalue weighted by Gasteiger charge is 1.97. The van der Waals surface area contributed by atoms with Crippen LogP contribution < -0.4 is 11.3 Å². The third-order valence-electron chi connectivity index (χ3n) is 1.87. The van der Waals surface area contributed by atoms with Crippen molar-refractivity contribution in [3.63, 3.8) is 0 Å². The highest BCUT2D eigenvalue weighted by Crippen LogP contribution is 2.06. The largest absolute Gasteiger partial charge is 0.324 e. The van der Waals surface area contributed by atoms with Crippen molar-refractivity contribution >= 4 is 5.69 Å².